The molecule has 0 N–H and O–H groups in total. The van der Waals surface area contributed by atoms with E-state index < -0.39 is 6.10 Å². The van der Waals surface area contributed by atoms with Gasteiger partial charge in [-0.3, -0.25) is 4.79 Å². The fourth-order valence-corrected chi connectivity index (χ4v) is 3.78. The second-order valence-corrected chi connectivity index (χ2v) is 6.96. The van der Waals surface area contributed by atoms with Crippen molar-refractivity contribution in [3.8, 4) is 23.3 Å². The summed E-state index contributed by atoms with van der Waals surface area (Å²) in [7, 11) is 0. The van der Waals surface area contributed by atoms with Gasteiger partial charge in [0.25, 0.3) is 5.91 Å². The molecule has 144 valence electrons. The van der Waals surface area contributed by atoms with Crippen LogP contribution in [0.5, 0.6) is 17.2 Å². The standard InChI is InChI=1S/C22H22N2O4/c1-15(28-19-7-3-2-5-17(19)14-23)22(25)24-10-4-6-18(24)16-8-9-20-21(13-16)27-12-11-26-20/h2-3,5,7-9,13,15,18H,4,6,10-12H2,1H3. The highest BCUT2D eigenvalue weighted by atomic mass is 16.6. The number of likely N-dealkylation sites (tertiary alicyclic amines) is 1. The van der Waals surface area contributed by atoms with Gasteiger partial charge in [0, 0.05) is 6.54 Å². The monoisotopic (exact) mass is 378 g/mol. The summed E-state index contributed by atoms with van der Waals surface area (Å²) in [4.78, 5) is 14.9. The number of rotatable bonds is 4. The molecule has 2 aliphatic rings. The Kier molecular flexibility index (Phi) is 5.07. The third-order valence-corrected chi connectivity index (χ3v) is 5.15. The molecule has 1 amide bonds. The molecule has 0 aliphatic carbocycles. The van der Waals surface area contributed by atoms with Crippen LogP contribution >= 0.6 is 0 Å². The summed E-state index contributed by atoms with van der Waals surface area (Å²) in [6.45, 7) is 3.51. The van der Waals surface area contributed by atoms with Crippen molar-refractivity contribution >= 4 is 5.91 Å². The first-order valence-corrected chi connectivity index (χ1v) is 9.53. The molecular weight excluding hydrogens is 356 g/mol. The average Bonchev–Trinajstić information content (AvgIpc) is 3.23. The van der Waals surface area contributed by atoms with Gasteiger partial charge in [0.1, 0.15) is 25.0 Å². The van der Waals surface area contributed by atoms with E-state index in [1.807, 2.05) is 23.1 Å². The van der Waals surface area contributed by atoms with Crippen molar-refractivity contribution in [2.24, 2.45) is 0 Å². The molecule has 6 heteroatoms. The van der Waals surface area contributed by atoms with Gasteiger partial charge in [0.2, 0.25) is 0 Å². The van der Waals surface area contributed by atoms with E-state index in [0.29, 0.717) is 31.1 Å². The van der Waals surface area contributed by atoms with Gasteiger partial charge in [0.15, 0.2) is 17.6 Å². The Morgan fingerprint density at radius 2 is 2.00 bits per heavy atom. The van der Waals surface area contributed by atoms with Gasteiger partial charge in [-0.2, -0.15) is 5.26 Å². The van der Waals surface area contributed by atoms with Crippen molar-refractivity contribution < 1.29 is 19.0 Å². The summed E-state index contributed by atoms with van der Waals surface area (Å²) in [5, 5.41) is 9.22. The van der Waals surface area contributed by atoms with Crippen LogP contribution in [0.3, 0.4) is 0 Å². The average molecular weight is 378 g/mol. The van der Waals surface area contributed by atoms with E-state index in [4.69, 9.17) is 14.2 Å². The minimum absolute atomic E-state index is 0.0133. The molecule has 0 bridgehead atoms. The Bertz CT molecular complexity index is 921. The maximum Gasteiger partial charge on any atom is 0.263 e. The fourth-order valence-electron chi connectivity index (χ4n) is 3.78. The number of nitriles is 1. The molecule has 2 aromatic rings. The molecule has 1 saturated heterocycles. The van der Waals surface area contributed by atoms with Crippen molar-refractivity contribution in [1.29, 1.82) is 5.26 Å². The minimum Gasteiger partial charge on any atom is -0.486 e. The minimum atomic E-state index is -0.674. The molecule has 4 rings (SSSR count). The van der Waals surface area contributed by atoms with E-state index in [2.05, 4.69) is 6.07 Å². The molecule has 0 aromatic heterocycles. The van der Waals surface area contributed by atoms with Gasteiger partial charge in [-0.1, -0.05) is 18.2 Å². The molecular formula is C22H22N2O4. The Balaban J connectivity index is 1.51. The van der Waals surface area contributed by atoms with Crippen molar-refractivity contribution in [2.75, 3.05) is 19.8 Å². The van der Waals surface area contributed by atoms with E-state index >= 15 is 0 Å². The maximum atomic E-state index is 13.1. The molecule has 2 unspecified atom stereocenters. The Morgan fingerprint density at radius 3 is 2.82 bits per heavy atom. The zero-order chi connectivity index (χ0) is 19.5. The molecule has 0 saturated carbocycles. The number of benzene rings is 2. The molecule has 2 atom stereocenters. The van der Waals surface area contributed by atoms with E-state index in [1.54, 1.807) is 31.2 Å². The van der Waals surface area contributed by atoms with E-state index in [1.165, 1.54) is 0 Å². The van der Waals surface area contributed by atoms with Crippen LogP contribution in [0.15, 0.2) is 42.5 Å². The first-order chi connectivity index (χ1) is 13.7. The molecule has 0 spiro atoms. The number of fused-ring (bicyclic) bond motifs is 1. The van der Waals surface area contributed by atoms with E-state index in [-0.39, 0.29) is 11.9 Å². The van der Waals surface area contributed by atoms with Crippen LogP contribution in [-0.2, 0) is 4.79 Å². The van der Waals surface area contributed by atoms with E-state index in [0.717, 1.165) is 29.9 Å². The number of hydrogen-bond acceptors (Lipinski definition) is 5. The number of carbonyl (C=O) groups is 1. The number of amides is 1. The second-order valence-electron chi connectivity index (χ2n) is 6.96. The third-order valence-electron chi connectivity index (χ3n) is 5.15. The number of hydrogen-bond donors (Lipinski definition) is 0. The predicted octanol–water partition coefficient (Wildman–Crippen LogP) is 3.46. The highest BCUT2D eigenvalue weighted by Gasteiger charge is 2.34. The van der Waals surface area contributed by atoms with Gasteiger partial charge in [-0.05, 0) is 49.6 Å². The highest BCUT2D eigenvalue weighted by molar-refractivity contribution is 5.81. The number of carbonyl (C=O) groups excluding carboxylic acids is 1. The normalized spacial score (nSPS) is 19.0. The molecule has 28 heavy (non-hydrogen) atoms. The molecule has 2 aromatic carbocycles. The summed E-state index contributed by atoms with van der Waals surface area (Å²) in [6.07, 6.45) is 1.16. The largest absolute Gasteiger partial charge is 0.486 e. The van der Waals surface area contributed by atoms with Gasteiger partial charge in [-0.25, -0.2) is 0 Å². The van der Waals surface area contributed by atoms with Crippen LogP contribution < -0.4 is 14.2 Å². The summed E-state index contributed by atoms with van der Waals surface area (Å²) < 4.78 is 17.1. The van der Waals surface area contributed by atoms with Crippen LogP contribution in [0, 0.1) is 11.3 Å². The maximum absolute atomic E-state index is 13.1. The highest BCUT2D eigenvalue weighted by Crippen LogP contribution is 2.38. The van der Waals surface area contributed by atoms with Crippen LogP contribution in [0.4, 0.5) is 0 Å². The summed E-state index contributed by atoms with van der Waals surface area (Å²) in [5.74, 6) is 1.83. The lowest BCUT2D eigenvalue weighted by molar-refractivity contribution is -0.138. The van der Waals surface area contributed by atoms with E-state index in [9.17, 15) is 10.1 Å². The smallest absolute Gasteiger partial charge is 0.263 e. The number of para-hydroxylation sites is 1. The Labute approximate surface area is 164 Å². The van der Waals surface area contributed by atoms with Gasteiger partial charge in [-0.15, -0.1) is 0 Å². The topological polar surface area (TPSA) is 71.8 Å². The molecule has 0 radical (unpaired) electrons. The van der Waals surface area contributed by atoms with Crippen LogP contribution in [0.1, 0.15) is 36.9 Å². The zero-order valence-corrected chi connectivity index (χ0v) is 15.8. The Morgan fingerprint density at radius 1 is 1.21 bits per heavy atom. The zero-order valence-electron chi connectivity index (χ0n) is 15.8. The first-order valence-electron chi connectivity index (χ1n) is 9.53. The summed E-state index contributed by atoms with van der Waals surface area (Å²) in [5.41, 5.74) is 1.46. The lowest BCUT2D eigenvalue weighted by Crippen LogP contribution is -2.40. The van der Waals surface area contributed by atoms with Gasteiger partial charge >= 0.3 is 0 Å². The first kappa shape index (κ1) is 18.2. The van der Waals surface area contributed by atoms with Crippen LogP contribution in [0.2, 0.25) is 0 Å². The van der Waals surface area contributed by atoms with Crippen molar-refractivity contribution in [2.45, 2.75) is 31.9 Å². The van der Waals surface area contributed by atoms with Crippen LogP contribution in [0.25, 0.3) is 0 Å². The quantitative estimate of drug-likeness (QED) is 0.815. The lowest BCUT2D eigenvalue weighted by atomic mass is 10.0. The number of nitrogens with zero attached hydrogens (tertiary/aromatic N) is 2. The molecule has 1 fully saturated rings. The predicted molar refractivity (Wildman–Crippen MR) is 102 cm³/mol. The van der Waals surface area contributed by atoms with Crippen molar-refractivity contribution in [1.82, 2.24) is 4.90 Å². The lowest BCUT2D eigenvalue weighted by Gasteiger charge is -2.29. The SMILES string of the molecule is CC(Oc1ccccc1C#N)C(=O)N1CCCC1c1ccc2c(c1)OCCO2. The van der Waals surface area contributed by atoms with Gasteiger partial charge in [0.05, 0.1) is 11.6 Å². The Hall–Kier alpha value is -3.20. The second kappa shape index (κ2) is 7.81. The third kappa shape index (κ3) is 3.48. The van der Waals surface area contributed by atoms with Gasteiger partial charge < -0.3 is 19.1 Å². The molecule has 2 aliphatic heterocycles. The fraction of sp³-hybridized carbons (Fsp3) is 0.364. The van der Waals surface area contributed by atoms with Crippen LogP contribution in [-0.4, -0.2) is 36.7 Å². The summed E-state index contributed by atoms with van der Waals surface area (Å²) >= 11 is 0. The van der Waals surface area contributed by atoms with Crippen molar-refractivity contribution in [3.05, 3.63) is 53.6 Å². The molecule has 2 heterocycles. The summed E-state index contributed by atoms with van der Waals surface area (Å²) in [6, 6.07) is 14.9. The molecule has 6 nitrogen and oxygen atoms in total. The van der Waals surface area contributed by atoms with Crippen molar-refractivity contribution in [3.63, 3.8) is 0 Å². The number of ether oxygens (including phenoxy) is 3.